The Hall–Kier alpha value is -2.70. The first-order valence-corrected chi connectivity index (χ1v) is 9.76. The van der Waals surface area contributed by atoms with Gasteiger partial charge in [0.15, 0.2) is 0 Å². The van der Waals surface area contributed by atoms with Gasteiger partial charge >= 0.3 is 0 Å². The number of carbonyl (C=O) groups excluding carboxylic acids is 1. The monoisotopic (exact) mass is 395 g/mol. The second-order valence-corrected chi connectivity index (χ2v) is 7.49. The molecule has 0 bridgehead atoms. The molecule has 3 heterocycles. The molecule has 0 saturated carbocycles. The van der Waals surface area contributed by atoms with Gasteiger partial charge in [-0.15, -0.1) is 0 Å². The zero-order chi connectivity index (χ0) is 19.5. The van der Waals surface area contributed by atoms with Crippen molar-refractivity contribution in [3.8, 4) is 5.69 Å². The second kappa shape index (κ2) is 8.12. The molecule has 3 aromatic rings. The summed E-state index contributed by atoms with van der Waals surface area (Å²) in [5.41, 5.74) is 8.70. The van der Waals surface area contributed by atoms with Crippen molar-refractivity contribution < 1.29 is 4.79 Å². The van der Waals surface area contributed by atoms with Gasteiger partial charge in [0.25, 0.3) is 5.91 Å². The number of benzene rings is 1. The summed E-state index contributed by atoms with van der Waals surface area (Å²) in [6, 6.07) is 13.4. The number of likely N-dealkylation sites (tertiary alicyclic amines) is 1. The van der Waals surface area contributed by atoms with Crippen molar-refractivity contribution in [2.75, 3.05) is 13.1 Å². The Bertz CT molecular complexity index is 972. The fourth-order valence-electron chi connectivity index (χ4n) is 3.76. The lowest BCUT2D eigenvalue weighted by molar-refractivity contribution is 0.0997. The summed E-state index contributed by atoms with van der Waals surface area (Å²) < 4.78 is 1.74. The van der Waals surface area contributed by atoms with Crippen LogP contribution in [0.1, 0.15) is 40.5 Å². The van der Waals surface area contributed by atoms with E-state index in [0.717, 1.165) is 43.0 Å². The van der Waals surface area contributed by atoms with Gasteiger partial charge in [0.2, 0.25) is 0 Å². The van der Waals surface area contributed by atoms with Gasteiger partial charge in [-0.2, -0.15) is 5.10 Å². The number of primary amides is 1. The lowest BCUT2D eigenvalue weighted by Gasteiger charge is -2.32. The average molecular weight is 396 g/mol. The number of aromatic nitrogens is 3. The molecular weight excluding hydrogens is 374 g/mol. The van der Waals surface area contributed by atoms with Gasteiger partial charge in [-0.25, -0.2) is 4.68 Å². The summed E-state index contributed by atoms with van der Waals surface area (Å²) in [5, 5.41) is 5.41. The zero-order valence-corrected chi connectivity index (χ0v) is 16.2. The highest BCUT2D eigenvalue weighted by atomic mass is 35.5. The van der Waals surface area contributed by atoms with E-state index in [2.05, 4.69) is 9.88 Å². The minimum Gasteiger partial charge on any atom is -0.365 e. The van der Waals surface area contributed by atoms with E-state index in [1.54, 1.807) is 17.1 Å². The first-order chi connectivity index (χ1) is 13.6. The maximum absolute atomic E-state index is 12.1. The van der Waals surface area contributed by atoms with Crippen LogP contribution in [0.4, 0.5) is 0 Å². The Morgan fingerprint density at radius 1 is 1.21 bits per heavy atom. The van der Waals surface area contributed by atoms with Crippen LogP contribution in [0.3, 0.4) is 0 Å². The van der Waals surface area contributed by atoms with E-state index in [1.807, 2.05) is 42.5 Å². The average Bonchev–Trinajstić information content (AvgIpc) is 3.17. The minimum atomic E-state index is -0.443. The Kier molecular flexibility index (Phi) is 5.41. The van der Waals surface area contributed by atoms with Crippen molar-refractivity contribution in [1.82, 2.24) is 19.7 Å². The van der Waals surface area contributed by atoms with Gasteiger partial charge in [-0.1, -0.05) is 29.8 Å². The summed E-state index contributed by atoms with van der Waals surface area (Å²) in [7, 11) is 0. The van der Waals surface area contributed by atoms with E-state index < -0.39 is 5.91 Å². The number of nitrogens with zero attached hydrogens (tertiary/aromatic N) is 4. The van der Waals surface area contributed by atoms with Gasteiger partial charge in [-0.3, -0.25) is 14.7 Å². The van der Waals surface area contributed by atoms with Crippen LogP contribution in [0.15, 0.2) is 54.9 Å². The molecule has 1 aliphatic rings. The molecule has 7 heteroatoms. The fraction of sp³-hybridized carbons (Fsp3) is 0.286. The van der Waals surface area contributed by atoms with Crippen LogP contribution in [0.5, 0.6) is 0 Å². The number of piperidine rings is 1. The summed E-state index contributed by atoms with van der Waals surface area (Å²) in [4.78, 5) is 18.8. The largest absolute Gasteiger partial charge is 0.365 e. The lowest BCUT2D eigenvalue weighted by Crippen LogP contribution is -2.35. The molecule has 0 aliphatic carbocycles. The molecule has 1 amide bonds. The maximum atomic E-state index is 12.1. The van der Waals surface area contributed by atoms with E-state index in [0.29, 0.717) is 17.1 Å². The highest BCUT2D eigenvalue weighted by Gasteiger charge is 2.28. The molecule has 1 atom stereocenters. The van der Waals surface area contributed by atoms with Gasteiger partial charge in [0.1, 0.15) is 0 Å². The van der Waals surface area contributed by atoms with E-state index in [-0.39, 0.29) is 5.92 Å². The molecule has 0 radical (unpaired) electrons. The Morgan fingerprint density at radius 3 is 2.79 bits per heavy atom. The predicted molar refractivity (Wildman–Crippen MR) is 109 cm³/mol. The summed E-state index contributed by atoms with van der Waals surface area (Å²) in [5.74, 6) is -0.300. The lowest BCUT2D eigenvalue weighted by atomic mass is 9.92. The van der Waals surface area contributed by atoms with Crippen molar-refractivity contribution in [2.24, 2.45) is 5.73 Å². The van der Waals surface area contributed by atoms with Gasteiger partial charge in [-0.05, 0) is 43.7 Å². The second-order valence-electron chi connectivity index (χ2n) is 7.08. The number of carbonyl (C=O) groups is 1. The van der Waals surface area contributed by atoms with E-state index in [9.17, 15) is 4.79 Å². The SMILES string of the molecule is NC(=O)c1cn(-c2ccccc2)nc1C1CCCN(Cc2ncccc2Cl)C1. The third-order valence-corrected chi connectivity index (χ3v) is 5.47. The molecule has 144 valence electrons. The molecule has 1 saturated heterocycles. The van der Waals surface area contributed by atoms with Crippen molar-refractivity contribution in [3.05, 3.63) is 76.8 Å². The first kappa shape index (κ1) is 18.7. The number of para-hydroxylation sites is 1. The molecule has 1 fully saturated rings. The van der Waals surface area contributed by atoms with Crippen molar-refractivity contribution >= 4 is 17.5 Å². The highest BCUT2D eigenvalue weighted by molar-refractivity contribution is 6.31. The number of amides is 1. The number of nitrogens with two attached hydrogens (primary N) is 1. The van der Waals surface area contributed by atoms with Gasteiger partial charge in [0.05, 0.1) is 27.7 Å². The highest BCUT2D eigenvalue weighted by Crippen LogP contribution is 2.30. The van der Waals surface area contributed by atoms with Crippen molar-refractivity contribution in [1.29, 1.82) is 0 Å². The Labute approximate surface area is 168 Å². The van der Waals surface area contributed by atoms with Crippen LogP contribution < -0.4 is 5.73 Å². The van der Waals surface area contributed by atoms with Crippen LogP contribution in [-0.2, 0) is 6.54 Å². The molecule has 2 aromatic heterocycles. The molecule has 4 rings (SSSR count). The minimum absolute atomic E-state index is 0.142. The van der Waals surface area contributed by atoms with E-state index >= 15 is 0 Å². The van der Waals surface area contributed by atoms with Gasteiger partial charge in [0, 0.05) is 31.4 Å². The quantitative estimate of drug-likeness (QED) is 0.718. The number of rotatable bonds is 5. The predicted octanol–water partition coefficient (Wildman–Crippen LogP) is 3.40. The standard InChI is InChI=1S/C21H22ClN5O/c22-18-9-4-10-24-19(18)14-26-11-5-6-15(12-26)20-17(21(23)28)13-27(25-20)16-7-2-1-3-8-16/h1-4,7-10,13,15H,5-6,11-12,14H2,(H2,23,28). The summed E-state index contributed by atoms with van der Waals surface area (Å²) in [6.45, 7) is 2.44. The Morgan fingerprint density at radius 2 is 2.04 bits per heavy atom. The van der Waals surface area contributed by atoms with E-state index in [4.69, 9.17) is 22.4 Å². The molecular formula is C21H22ClN5O. The fourth-order valence-corrected chi connectivity index (χ4v) is 3.94. The van der Waals surface area contributed by atoms with Crippen LogP contribution in [0.25, 0.3) is 5.69 Å². The van der Waals surface area contributed by atoms with Crippen LogP contribution >= 0.6 is 11.6 Å². The molecule has 28 heavy (non-hydrogen) atoms. The normalized spacial score (nSPS) is 17.5. The van der Waals surface area contributed by atoms with Crippen molar-refractivity contribution in [3.63, 3.8) is 0 Å². The zero-order valence-electron chi connectivity index (χ0n) is 15.5. The third kappa shape index (κ3) is 3.93. The molecule has 0 spiro atoms. The third-order valence-electron chi connectivity index (χ3n) is 5.13. The molecule has 2 N–H and O–H groups in total. The summed E-state index contributed by atoms with van der Waals surface area (Å²) >= 11 is 6.27. The van der Waals surface area contributed by atoms with Crippen LogP contribution in [-0.4, -0.2) is 38.7 Å². The summed E-state index contributed by atoms with van der Waals surface area (Å²) in [6.07, 6.45) is 5.49. The number of hydrogen-bond donors (Lipinski definition) is 1. The van der Waals surface area contributed by atoms with Crippen molar-refractivity contribution in [2.45, 2.75) is 25.3 Å². The first-order valence-electron chi connectivity index (χ1n) is 9.38. The van der Waals surface area contributed by atoms with Crippen LogP contribution in [0.2, 0.25) is 5.02 Å². The van der Waals surface area contributed by atoms with Crippen LogP contribution in [0, 0.1) is 0 Å². The number of pyridine rings is 1. The van der Waals surface area contributed by atoms with Gasteiger partial charge < -0.3 is 5.73 Å². The molecule has 1 unspecified atom stereocenters. The van der Waals surface area contributed by atoms with E-state index in [1.165, 1.54) is 0 Å². The molecule has 1 aromatic carbocycles. The molecule has 1 aliphatic heterocycles. The Balaban J connectivity index is 1.58. The number of halogens is 1. The molecule has 6 nitrogen and oxygen atoms in total. The smallest absolute Gasteiger partial charge is 0.252 e. The maximum Gasteiger partial charge on any atom is 0.252 e. The number of hydrogen-bond acceptors (Lipinski definition) is 4. The topological polar surface area (TPSA) is 77.0 Å².